The standard InChI is InChI=1S/C21H23N3O6S/c1-14-22-21(30-23-14)17-6-4-5-7-18(17)29-16-10-11-24(13-16)31(25,26)20-12-15(27-2)8-9-19(20)28-3/h4-9,12,16H,10-11,13H2,1-3H3. The summed E-state index contributed by atoms with van der Waals surface area (Å²) >= 11 is 0. The molecule has 0 spiro atoms. The van der Waals surface area contributed by atoms with Gasteiger partial charge >= 0.3 is 0 Å². The van der Waals surface area contributed by atoms with Crippen molar-refractivity contribution in [2.24, 2.45) is 0 Å². The molecule has 1 aromatic heterocycles. The lowest BCUT2D eigenvalue weighted by Gasteiger charge is -2.19. The Bertz CT molecular complexity index is 1180. The van der Waals surface area contributed by atoms with E-state index in [0.717, 1.165) is 0 Å². The Morgan fingerprint density at radius 2 is 1.90 bits per heavy atom. The minimum absolute atomic E-state index is 0.0664. The van der Waals surface area contributed by atoms with E-state index in [1.807, 2.05) is 18.2 Å². The van der Waals surface area contributed by atoms with Gasteiger partial charge in [0.15, 0.2) is 5.82 Å². The van der Waals surface area contributed by atoms with E-state index in [1.54, 1.807) is 25.1 Å². The summed E-state index contributed by atoms with van der Waals surface area (Å²) < 4.78 is 49.8. The topological polar surface area (TPSA) is 104 Å². The molecule has 3 aromatic rings. The number of rotatable bonds is 7. The van der Waals surface area contributed by atoms with Crippen LogP contribution in [0.4, 0.5) is 0 Å². The molecule has 1 unspecified atom stereocenters. The van der Waals surface area contributed by atoms with Gasteiger partial charge < -0.3 is 18.7 Å². The van der Waals surface area contributed by atoms with Crippen molar-refractivity contribution in [1.29, 1.82) is 0 Å². The normalized spacial score (nSPS) is 16.9. The van der Waals surface area contributed by atoms with Crippen LogP contribution in [0.2, 0.25) is 0 Å². The first-order valence-electron chi connectivity index (χ1n) is 9.71. The SMILES string of the molecule is COc1ccc(OC)c(S(=O)(=O)N2CCC(Oc3ccccc3-c3nc(C)no3)C2)c1. The van der Waals surface area contributed by atoms with Gasteiger partial charge in [-0.25, -0.2) is 8.42 Å². The van der Waals surface area contributed by atoms with Gasteiger partial charge in [-0.05, 0) is 37.6 Å². The summed E-state index contributed by atoms with van der Waals surface area (Å²) in [7, 11) is -0.867. The van der Waals surface area contributed by atoms with Crippen molar-refractivity contribution < 1.29 is 27.2 Å². The zero-order valence-corrected chi connectivity index (χ0v) is 18.3. The molecular weight excluding hydrogens is 422 g/mol. The smallest absolute Gasteiger partial charge is 0.261 e. The van der Waals surface area contributed by atoms with Gasteiger partial charge in [0, 0.05) is 12.6 Å². The molecular formula is C21H23N3O6S. The van der Waals surface area contributed by atoms with Gasteiger partial charge in [-0.1, -0.05) is 17.3 Å². The second-order valence-corrected chi connectivity index (χ2v) is 8.96. The van der Waals surface area contributed by atoms with Gasteiger partial charge in [0.05, 0.1) is 26.3 Å². The molecule has 10 heteroatoms. The maximum absolute atomic E-state index is 13.3. The minimum atomic E-state index is -3.79. The van der Waals surface area contributed by atoms with E-state index < -0.39 is 10.0 Å². The summed E-state index contributed by atoms with van der Waals surface area (Å²) in [6.45, 7) is 2.28. The van der Waals surface area contributed by atoms with Crippen LogP contribution in [-0.4, -0.2) is 56.3 Å². The first-order chi connectivity index (χ1) is 14.9. The van der Waals surface area contributed by atoms with Gasteiger partial charge in [-0.2, -0.15) is 9.29 Å². The lowest BCUT2D eigenvalue weighted by molar-refractivity contribution is 0.216. The zero-order valence-electron chi connectivity index (χ0n) is 17.4. The molecule has 9 nitrogen and oxygen atoms in total. The molecule has 0 saturated carbocycles. The number of hydrogen-bond acceptors (Lipinski definition) is 8. The van der Waals surface area contributed by atoms with Crippen LogP contribution in [-0.2, 0) is 10.0 Å². The Balaban J connectivity index is 1.55. The average Bonchev–Trinajstić information content (AvgIpc) is 3.43. The van der Waals surface area contributed by atoms with Crippen molar-refractivity contribution in [3.05, 3.63) is 48.3 Å². The van der Waals surface area contributed by atoms with Crippen LogP contribution < -0.4 is 14.2 Å². The highest BCUT2D eigenvalue weighted by molar-refractivity contribution is 7.89. The molecule has 0 amide bonds. The number of benzene rings is 2. The number of aromatic nitrogens is 2. The maximum Gasteiger partial charge on any atom is 0.261 e. The lowest BCUT2D eigenvalue weighted by Crippen LogP contribution is -2.31. The number of para-hydroxylation sites is 1. The van der Waals surface area contributed by atoms with Crippen LogP contribution >= 0.6 is 0 Å². The summed E-state index contributed by atoms with van der Waals surface area (Å²) in [6.07, 6.45) is 0.222. The lowest BCUT2D eigenvalue weighted by atomic mass is 10.2. The highest BCUT2D eigenvalue weighted by Crippen LogP contribution is 2.34. The maximum atomic E-state index is 13.3. The summed E-state index contributed by atoms with van der Waals surface area (Å²) in [4.78, 5) is 4.32. The Morgan fingerprint density at radius 1 is 1.10 bits per heavy atom. The molecule has 0 bridgehead atoms. The van der Waals surface area contributed by atoms with Crippen molar-refractivity contribution in [2.75, 3.05) is 27.3 Å². The molecule has 1 fully saturated rings. The fourth-order valence-corrected chi connectivity index (χ4v) is 5.13. The minimum Gasteiger partial charge on any atom is -0.497 e. The Labute approximate surface area is 180 Å². The highest BCUT2D eigenvalue weighted by Gasteiger charge is 2.36. The molecule has 31 heavy (non-hydrogen) atoms. The van der Waals surface area contributed by atoms with Crippen molar-refractivity contribution in [2.45, 2.75) is 24.3 Å². The molecule has 1 aliphatic rings. The van der Waals surface area contributed by atoms with E-state index in [9.17, 15) is 8.42 Å². The average molecular weight is 445 g/mol. The van der Waals surface area contributed by atoms with Crippen molar-refractivity contribution in [3.63, 3.8) is 0 Å². The van der Waals surface area contributed by atoms with Crippen LogP contribution in [0.5, 0.6) is 17.2 Å². The summed E-state index contributed by atoms with van der Waals surface area (Å²) in [5.41, 5.74) is 0.666. The van der Waals surface area contributed by atoms with Gasteiger partial charge in [0.2, 0.25) is 10.0 Å². The Morgan fingerprint density at radius 3 is 2.61 bits per heavy atom. The summed E-state index contributed by atoms with van der Waals surface area (Å²) in [5, 5.41) is 3.82. The quantitative estimate of drug-likeness (QED) is 0.547. The Hall–Kier alpha value is -3.11. The number of methoxy groups -OCH3 is 2. The van der Waals surface area contributed by atoms with Crippen LogP contribution in [0.3, 0.4) is 0 Å². The van der Waals surface area contributed by atoms with Gasteiger partial charge in [0.25, 0.3) is 5.89 Å². The van der Waals surface area contributed by atoms with Crippen molar-refractivity contribution in [1.82, 2.24) is 14.4 Å². The molecule has 1 atom stereocenters. The van der Waals surface area contributed by atoms with Crippen LogP contribution in [0.15, 0.2) is 51.9 Å². The number of hydrogen-bond donors (Lipinski definition) is 0. The predicted molar refractivity (Wildman–Crippen MR) is 112 cm³/mol. The number of aryl methyl sites for hydroxylation is 1. The van der Waals surface area contributed by atoms with Gasteiger partial charge in [-0.15, -0.1) is 0 Å². The molecule has 1 aliphatic heterocycles. The van der Waals surface area contributed by atoms with Gasteiger partial charge in [-0.3, -0.25) is 0 Å². The number of ether oxygens (including phenoxy) is 3. The monoisotopic (exact) mass is 445 g/mol. The predicted octanol–water partition coefficient (Wildman–Crippen LogP) is 2.90. The first-order valence-corrected chi connectivity index (χ1v) is 11.1. The first kappa shape index (κ1) is 21.1. The molecule has 164 valence electrons. The van der Waals surface area contributed by atoms with Crippen LogP contribution in [0.25, 0.3) is 11.5 Å². The van der Waals surface area contributed by atoms with Gasteiger partial charge in [0.1, 0.15) is 28.2 Å². The van der Waals surface area contributed by atoms with E-state index in [1.165, 1.54) is 24.6 Å². The molecule has 4 rings (SSSR count). The van der Waals surface area contributed by atoms with E-state index in [-0.39, 0.29) is 23.3 Å². The largest absolute Gasteiger partial charge is 0.497 e. The summed E-state index contributed by atoms with van der Waals surface area (Å²) in [5.74, 6) is 2.15. The highest BCUT2D eigenvalue weighted by atomic mass is 32.2. The van der Waals surface area contributed by atoms with Crippen molar-refractivity contribution >= 4 is 10.0 Å². The fourth-order valence-electron chi connectivity index (χ4n) is 3.47. The zero-order chi connectivity index (χ0) is 22.0. The van der Waals surface area contributed by atoms with Crippen molar-refractivity contribution in [3.8, 4) is 28.7 Å². The van der Waals surface area contributed by atoms with E-state index in [2.05, 4.69) is 10.1 Å². The molecule has 2 heterocycles. The fraction of sp³-hybridized carbons (Fsp3) is 0.333. The third-order valence-corrected chi connectivity index (χ3v) is 6.92. The molecule has 2 aromatic carbocycles. The van der Waals surface area contributed by atoms with E-state index >= 15 is 0 Å². The Kier molecular flexibility index (Phi) is 5.84. The second-order valence-electron chi connectivity index (χ2n) is 7.05. The third-order valence-electron chi connectivity index (χ3n) is 5.04. The number of sulfonamides is 1. The molecule has 0 aliphatic carbocycles. The summed E-state index contributed by atoms with van der Waals surface area (Å²) in [6, 6.07) is 12.0. The second kappa shape index (κ2) is 8.56. The molecule has 0 radical (unpaired) electrons. The molecule has 0 N–H and O–H groups in total. The number of nitrogens with zero attached hydrogens (tertiary/aromatic N) is 3. The molecule has 1 saturated heterocycles. The third kappa shape index (κ3) is 4.21. The van der Waals surface area contributed by atoms with Crippen LogP contribution in [0, 0.1) is 6.92 Å². The van der Waals surface area contributed by atoms with E-state index in [4.69, 9.17) is 18.7 Å². The van der Waals surface area contributed by atoms with Crippen LogP contribution in [0.1, 0.15) is 12.2 Å². The van der Waals surface area contributed by atoms with E-state index in [0.29, 0.717) is 41.7 Å².